The summed E-state index contributed by atoms with van der Waals surface area (Å²) in [5, 5.41) is 2.53. The molecule has 1 aliphatic heterocycles. The largest absolute Gasteiger partial charge is 0.497 e. The fourth-order valence-corrected chi connectivity index (χ4v) is 2.45. The molecule has 17 heavy (non-hydrogen) atoms. The van der Waals surface area contributed by atoms with Gasteiger partial charge in [0, 0.05) is 5.56 Å². The fourth-order valence-electron chi connectivity index (χ4n) is 2.45. The Morgan fingerprint density at radius 2 is 2.00 bits per heavy atom. The van der Waals surface area contributed by atoms with Gasteiger partial charge in [0.05, 0.1) is 13.7 Å². The molecule has 1 heterocycles. The van der Waals surface area contributed by atoms with Crippen molar-refractivity contribution in [2.24, 2.45) is 0 Å². The standard InChI is InChI=1S/C15H16O2/c1-16-12-7-5-11-6-8-15-13(14(11)10-12)4-2-3-9-17-15/h5-8,10H,2-4,9H2,1H3. The number of hydrogen-bond acceptors (Lipinski definition) is 2. The molecular weight excluding hydrogens is 212 g/mol. The predicted octanol–water partition coefficient (Wildman–Crippen LogP) is 3.56. The van der Waals surface area contributed by atoms with Crippen LogP contribution in [0.2, 0.25) is 0 Å². The Morgan fingerprint density at radius 3 is 2.88 bits per heavy atom. The van der Waals surface area contributed by atoms with Gasteiger partial charge in [-0.15, -0.1) is 0 Å². The van der Waals surface area contributed by atoms with Crippen LogP contribution in [-0.4, -0.2) is 13.7 Å². The number of rotatable bonds is 1. The maximum absolute atomic E-state index is 5.79. The van der Waals surface area contributed by atoms with Crippen molar-refractivity contribution in [1.82, 2.24) is 0 Å². The molecule has 1 aliphatic rings. The molecule has 0 N–H and O–H groups in total. The Hall–Kier alpha value is -1.70. The van der Waals surface area contributed by atoms with Crippen molar-refractivity contribution in [2.75, 3.05) is 13.7 Å². The van der Waals surface area contributed by atoms with Crippen molar-refractivity contribution in [3.63, 3.8) is 0 Å². The summed E-state index contributed by atoms with van der Waals surface area (Å²) in [4.78, 5) is 0. The van der Waals surface area contributed by atoms with E-state index in [1.165, 1.54) is 22.8 Å². The Labute approximate surface area is 101 Å². The molecule has 88 valence electrons. The van der Waals surface area contributed by atoms with Crippen molar-refractivity contribution in [2.45, 2.75) is 19.3 Å². The minimum atomic E-state index is 0.836. The Kier molecular flexibility index (Phi) is 2.63. The lowest BCUT2D eigenvalue weighted by atomic mass is 9.99. The minimum Gasteiger partial charge on any atom is -0.497 e. The summed E-state index contributed by atoms with van der Waals surface area (Å²) in [6.07, 6.45) is 3.43. The van der Waals surface area contributed by atoms with Crippen LogP contribution in [0.5, 0.6) is 11.5 Å². The van der Waals surface area contributed by atoms with Crippen molar-refractivity contribution in [1.29, 1.82) is 0 Å². The quantitative estimate of drug-likeness (QED) is 0.743. The first-order chi connectivity index (χ1) is 8.38. The highest BCUT2D eigenvalue weighted by Gasteiger charge is 2.12. The van der Waals surface area contributed by atoms with E-state index in [-0.39, 0.29) is 0 Å². The Balaban J connectivity index is 2.23. The van der Waals surface area contributed by atoms with Crippen molar-refractivity contribution in [3.8, 4) is 11.5 Å². The number of aryl methyl sites for hydroxylation is 1. The molecule has 0 aliphatic carbocycles. The van der Waals surface area contributed by atoms with Gasteiger partial charge in [0.2, 0.25) is 0 Å². The van der Waals surface area contributed by atoms with Crippen LogP contribution in [0.15, 0.2) is 30.3 Å². The van der Waals surface area contributed by atoms with E-state index in [0.717, 1.165) is 30.9 Å². The van der Waals surface area contributed by atoms with E-state index in [1.54, 1.807) is 7.11 Å². The molecule has 2 aromatic rings. The fraction of sp³-hybridized carbons (Fsp3) is 0.333. The lowest BCUT2D eigenvalue weighted by Gasteiger charge is -2.11. The molecule has 0 fully saturated rings. The zero-order valence-electron chi connectivity index (χ0n) is 10.0. The van der Waals surface area contributed by atoms with Crippen LogP contribution in [0.3, 0.4) is 0 Å². The zero-order chi connectivity index (χ0) is 11.7. The van der Waals surface area contributed by atoms with Gasteiger partial charge in [-0.1, -0.05) is 12.1 Å². The van der Waals surface area contributed by atoms with Gasteiger partial charge in [0.1, 0.15) is 11.5 Å². The summed E-state index contributed by atoms with van der Waals surface area (Å²) in [5.41, 5.74) is 1.33. The van der Waals surface area contributed by atoms with Gasteiger partial charge < -0.3 is 9.47 Å². The number of benzene rings is 2. The summed E-state index contributed by atoms with van der Waals surface area (Å²) < 4.78 is 11.1. The maximum atomic E-state index is 5.79. The predicted molar refractivity (Wildman–Crippen MR) is 68.9 cm³/mol. The van der Waals surface area contributed by atoms with Crippen molar-refractivity contribution in [3.05, 3.63) is 35.9 Å². The van der Waals surface area contributed by atoms with Gasteiger partial charge in [-0.2, -0.15) is 0 Å². The van der Waals surface area contributed by atoms with Gasteiger partial charge in [0.15, 0.2) is 0 Å². The average Bonchev–Trinajstić information content (AvgIpc) is 2.63. The number of methoxy groups -OCH3 is 1. The van der Waals surface area contributed by atoms with Crippen molar-refractivity contribution >= 4 is 10.8 Å². The molecule has 3 rings (SSSR count). The van der Waals surface area contributed by atoms with Gasteiger partial charge >= 0.3 is 0 Å². The SMILES string of the molecule is COc1ccc2ccc3c(c2c1)CCCCO3. The zero-order valence-corrected chi connectivity index (χ0v) is 10.0. The van der Waals surface area contributed by atoms with E-state index < -0.39 is 0 Å². The second-order valence-corrected chi connectivity index (χ2v) is 4.43. The van der Waals surface area contributed by atoms with Crippen LogP contribution in [0.1, 0.15) is 18.4 Å². The van der Waals surface area contributed by atoms with Gasteiger partial charge in [-0.05, 0) is 48.2 Å². The van der Waals surface area contributed by atoms with Gasteiger partial charge in [0.25, 0.3) is 0 Å². The Bertz CT molecular complexity index is 546. The molecule has 0 saturated heterocycles. The third-order valence-electron chi connectivity index (χ3n) is 3.38. The van der Waals surface area contributed by atoms with E-state index in [9.17, 15) is 0 Å². The topological polar surface area (TPSA) is 18.5 Å². The van der Waals surface area contributed by atoms with E-state index >= 15 is 0 Å². The Morgan fingerprint density at radius 1 is 1.12 bits per heavy atom. The van der Waals surface area contributed by atoms with Gasteiger partial charge in [-0.3, -0.25) is 0 Å². The number of ether oxygens (including phenoxy) is 2. The van der Waals surface area contributed by atoms with E-state index in [2.05, 4.69) is 24.3 Å². The molecule has 2 nitrogen and oxygen atoms in total. The van der Waals surface area contributed by atoms with Crippen LogP contribution in [0.4, 0.5) is 0 Å². The summed E-state index contributed by atoms with van der Waals surface area (Å²) in [6, 6.07) is 10.4. The molecule has 2 heteroatoms. The van der Waals surface area contributed by atoms with E-state index in [4.69, 9.17) is 9.47 Å². The smallest absolute Gasteiger partial charge is 0.123 e. The molecule has 0 spiro atoms. The first-order valence-electron chi connectivity index (χ1n) is 6.11. The van der Waals surface area contributed by atoms with Gasteiger partial charge in [-0.25, -0.2) is 0 Å². The molecule has 0 bridgehead atoms. The van der Waals surface area contributed by atoms with Crippen LogP contribution >= 0.6 is 0 Å². The summed E-state index contributed by atoms with van der Waals surface area (Å²) in [5.74, 6) is 1.96. The maximum Gasteiger partial charge on any atom is 0.123 e. The number of hydrogen-bond donors (Lipinski definition) is 0. The molecule has 0 atom stereocenters. The highest BCUT2D eigenvalue weighted by atomic mass is 16.5. The lowest BCUT2D eigenvalue weighted by Crippen LogP contribution is -1.95. The molecule has 0 aromatic heterocycles. The number of fused-ring (bicyclic) bond motifs is 3. The summed E-state index contributed by atoms with van der Waals surface area (Å²) >= 11 is 0. The monoisotopic (exact) mass is 228 g/mol. The minimum absolute atomic E-state index is 0.836. The second-order valence-electron chi connectivity index (χ2n) is 4.43. The molecule has 2 aromatic carbocycles. The van der Waals surface area contributed by atoms with E-state index in [0.29, 0.717) is 0 Å². The third-order valence-corrected chi connectivity index (χ3v) is 3.38. The summed E-state index contributed by atoms with van der Waals surface area (Å²) in [7, 11) is 1.71. The third kappa shape index (κ3) is 1.84. The first kappa shape index (κ1) is 10.5. The van der Waals surface area contributed by atoms with Crippen LogP contribution in [0, 0.1) is 0 Å². The summed E-state index contributed by atoms with van der Waals surface area (Å²) in [6.45, 7) is 0.836. The highest BCUT2D eigenvalue weighted by molar-refractivity contribution is 5.89. The molecule has 0 saturated carbocycles. The molecule has 0 amide bonds. The van der Waals surface area contributed by atoms with Crippen LogP contribution in [0.25, 0.3) is 10.8 Å². The van der Waals surface area contributed by atoms with Crippen LogP contribution in [-0.2, 0) is 6.42 Å². The molecular formula is C15H16O2. The normalized spacial score (nSPS) is 14.9. The van der Waals surface area contributed by atoms with E-state index in [1.807, 2.05) is 6.07 Å². The van der Waals surface area contributed by atoms with Crippen molar-refractivity contribution < 1.29 is 9.47 Å². The highest BCUT2D eigenvalue weighted by Crippen LogP contribution is 2.33. The average molecular weight is 228 g/mol. The molecule has 0 radical (unpaired) electrons. The lowest BCUT2D eigenvalue weighted by molar-refractivity contribution is 0.317. The molecule has 0 unspecified atom stereocenters. The second kappa shape index (κ2) is 4.28. The van der Waals surface area contributed by atoms with Crippen LogP contribution < -0.4 is 9.47 Å². The first-order valence-corrected chi connectivity index (χ1v) is 6.11.